The van der Waals surface area contributed by atoms with Gasteiger partial charge in [-0.1, -0.05) is 0 Å². The smallest absolute Gasteiger partial charge is 0.325 e. The number of hydrogen-bond donors (Lipinski definition) is 2. The number of anilines is 1. The lowest BCUT2D eigenvalue weighted by molar-refractivity contribution is -0.137. The van der Waals surface area contributed by atoms with Gasteiger partial charge in [-0.2, -0.15) is 5.10 Å². The van der Waals surface area contributed by atoms with Crippen molar-refractivity contribution in [1.29, 1.82) is 0 Å². The van der Waals surface area contributed by atoms with Crippen LogP contribution in [0.15, 0.2) is 36.7 Å². The van der Waals surface area contributed by atoms with Gasteiger partial charge in [-0.25, -0.2) is 4.39 Å². The molecule has 1 aromatic carbocycles. The second kappa shape index (κ2) is 5.30. The lowest BCUT2D eigenvalue weighted by Gasteiger charge is -2.01. The van der Waals surface area contributed by atoms with E-state index in [2.05, 4.69) is 10.4 Å². The van der Waals surface area contributed by atoms with Gasteiger partial charge < -0.3 is 10.4 Å². The number of nitrogens with zero attached hydrogens (tertiary/aromatic N) is 2. The number of carboxylic acid groups (broad SMARTS) is 1. The van der Waals surface area contributed by atoms with Gasteiger partial charge >= 0.3 is 5.97 Å². The number of carboxylic acids is 1. The fourth-order valence-corrected chi connectivity index (χ4v) is 1.46. The van der Waals surface area contributed by atoms with Crippen LogP contribution in [0.5, 0.6) is 0 Å². The average Bonchev–Trinajstić information content (AvgIpc) is 2.76. The summed E-state index contributed by atoms with van der Waals surface area (Å²) in [5.41, 5.74) is 0.669. The molecule has 2 N–H and O–H groups in total. The summed E-state index contributed by atoms with van der Waals surface area (Å²) in [6.45, 7) is -0.285. The van der Waals surface area contributed by atoms with Gasteiger partial charge in [-0.15, -0.1) is 0 Å². The molecule has 0 fully saturated rings. The van der Waals surface area contributed by atoms with Crippen molar-refractivity contribution < 1.29 is 19.1 Å². The summed E-state index contributed by atoms with van der Waals surface area (Å²) in [4.78, 5) is 22.2. The molecule has 0 saturated carbocycles. The third kappa shape index (κ3) is 3.38. The van der Waals surface area contributed by atoms with E-state index in [0.717, 1.165) is 0 Å². The molecule has 1 amide bonds. The van der Waals surface area contributed by atoms with E-state index in [4.69, 9.17) is 5.11 Å². The second-order valence-electron chi connectivity index (χ2n) is 3.78. The highest BCUT2D eigenvalue weighted by atomic mass is 19.1. The molecule has 0 unspecified atom stereocenters. The first-order valence-corrected chi connectivity index (χ1v) is 5.36. The number of hydrogen-bond acceptors (Lipinski definition) is 3. The number of nitrogens with one attached hydrogen (secondary N) is 1. The number of aliphatic carboxylic acids is 1. The second-order valence-corrected chi connectivity index (χ2v) is 3.78. The standard InChI is InChI=1S/C12H10FN3O3/c13-9-3-1-8(2-4-9)12(19)15-10-5-14-16(6-10)7-11(17)18/h1-6H,7H2,(H,15,19)(H,17,18). The molecule has 0 aliphatic carbocycles. The van der Waals surface area contributed by atoms with Crippen LogP contribution >= 0.6 is 0 Å². The minimum Gasteiger partial charge on any atom is -0.480 e. The Kier molecular flexibility index (Phi) is 3.56. The molecule has 0 spiro atoms. The highest BCUT2D eigenvalue weighted by molar-refractivity contribution is 6.04. The SMILES string of the molecule is O=C(O)Cn1cc(NC(=O)c2ccc(F)cc2)cn1. The molecule has 0 aliphatic rings. The molecule has 1 aromatic heterocycles. The first-order valence-electron chi connectivity index (χ1n) is 5.36. The Hall–Kier alpha value is -2.70. The zero-order chi connectivity index (χ0) is 13.8. The Morgan fingerprint density at radius 1 is 1.32 bits per heavy atom. The van der Waals surface area contributed by atoms with Crippen LogP contribution in [0.25, 0.3) is 0 Å². The predicted octanol–water partition coefficient (Wildman–Crippen LogP) is 1.36. The summed E-state index contributed by atoms with van der Waals surface area (Å²) < 4.78 is 13.9. The lowest BCUT2D eigenvalue weighted by atomic mass is 10.2. The molecule has 0 atom stereocenters. The highest BCUT2D eigenvalue weighted by Gasteiger charge is 2.08. The Bertz CT molecular complexity index is 607. The third-order valence-electron chi connectivity index (χ3n) is 2.29. The first kappa shape index (κ1) is 12.7. The van der Waals surface area contributed by atoms with E-state index in [9.17, 15) is 14.0 Å². The van der Waals surface area contributed by atoms with Crippen molar-refractivity contribution in [1.82, 2.24) is 9.78 Å². The maximum absolute atomic E-state index is 12.7. The number of amides is 1. The minimum atomic E-state index is -1.03. The monoisotopic (exact) mass is 263 g/mol. The highest BCUT2D eigenvalue weighted by Crippen LogP contribution is 2.09. The van der Waals surface area contributed by atoms with Gasteiger partial charge in [0.1, 0.15) is 12.4 Å². The number of halogens is 1. The molecular formula is C12H10FN3O3. The Labute approximate surface area is 107 Å². The van der Waals surface area contributed by atoms with Crippen LogP contribution in [-0.2, 0) is 11.3 Å². The molecule has 0 radical (unpaired) electrons. The van der Waals surface area contributed by atoms with Crippen LogP contribution in [0.1, 0.15) is 10.4 Å². The van der Waals surface area contributed by atoms with Gasteiger partial charge in [0, 0.05) is 11.8 Å². The molecule has 7 heteroatoms. The van der Waals surface area contributed by atoms with Crippen LogP contribution in [-0.4, -0.2) is 26.8 Å². The van der Waals surface area contributed by atoms with E-state index in [1.807, 2.05) is 0 Å². The summed E-state index contributed by atoms with van der Waals surface area (Å²) in [5.74, 6) is -1.87. The Morgan fingerprint density at radius 2 is 2.00 bits per heavy atom. The minimum absolute atomic E-state index is 0.285. The number of carbonyl (C=O) groups is 2. The maximum Gasteiger partial charge on any atom is 0.325 e. The van der Waals surface area contributed by atoms with Crippen molar-refractivity contribution in [2.45, 2.75) is 6.54 Å². The summed E-state index contributed by atoms with van der Waals surface area (Å²) in [6.07, 6.45) is 2.74. The third-order valence-corrected chi connectivity index (χ3v) is 2.29. The van der Waals surface area contributed by atoms with Gasteiger partial charge in [-0.05, 0) is 24.3 Å². The molecular weight excluding hydrogens is 253 g/mol. The largest absolute Gasteiger partial charge is 0.480 e. The van der Waals surface area contributed by atoms with E-state index < -0.39 is 17.7 Å². The predicted molar refractivity (Wildman–Crippen MR) is 64.2 cm³/mol. The van der Waals surface area contributed by atoms with Gasteiger partial charge in [0.05, 0.1) is 11.9 Å². The van der Waals surface area contributed by atoms with Crippen molar-refractivity contribution in [2.75, 3.05) is 5.32 Å². The Morgan fingerprint density at radius 3 is 2.63 bits per heavy atom. The first-order chi connectivity index (χ1) is 9.04. The zero-order valence-electron chi connectivity index (χ0n) is 9.71. The quantitative estimate of drug-likeness (QED) is 0.872. The summed E-state index contributed by atoms with van der Waals surface area (Å²) in [7, 11) is 0. The normalized spacial score (nSPS) is 10.2. The molecule has 2 rings (SSSR count). The number of carbonyl (C=O) groups excluding carboxylic acids is 1. The van der Waals surface area contributed by atoms with E-state index in [1.165, 1.54) is 41.3 Å². The van der Waals surface area contributed by atoms with E-state index >= 15 is 0 Å². The van der Waals surface area contributed by atoms with Crippen molar-refractivity contribution in [2.24, 2.45) is 0 Å². The molecule has 0 bridgehead atoms. The van der Waals surface area contributed by atoms with Gasteiger partial charge in [0.15, 0.2) is 0 Å². The van der Waals surface area contributed by atoms with Gasteiger partial charge in [-0.3, -0.25) is 14.3 Å². The molecule has 0 saturated heterocycles. The fourth-order valence-electron chi connectivity index (χ4n) is 1.46. The zero-order valence-corrected chi connectivity index (χ0v) is 9.71. The molecule has 19 heavy (non-hydrogen) atoms. The molecule has 1 heterocycles. The molecule has 6 nitrogen and oxygen atoms in total. The van der Waals surface area contributed by atoms with Crippen LogP contribution in [0.2, 0.25) is 0 Å². The van der Waals surface area contributed by atoms with Crippen molar-refractivity contribution >= 4 is 17.6 Å². The van der Waals surface area contributed by atoms with Crippen LogP contribution in [0.3, 0.4) is 0 Å². The number of benzene rings is 1. The van der Waals surface area contributed by atoms with Crippen LogP contribution in [0, 0.1) is 5.82 Å². The summed E-state index contributed by atoms with van der Waals surface area (Å²) >= 11 is 0. The van der Waals surface area contributed by atoms with Crippen molar-refractivity contribution in [3.63, 3.8) is 0 Å². The Balaban J connectivity index is 2.04. The number of rotatable bonds is 4. The van der Waals surface area contributed by atoms with E-state index in [0.29, 0.717) is 11.3 Å². The van der Waals surface area contributed by atoms with Crippen LogP contribution < -0.4 is 5.32 Å². The van der Waals surface area contributed by atoms with E-state index in [-0.39, 0.29) is 6.54 Å². The molecule has 0 aliphatic heterocycles. The molecule has 98 valence electrons. The topological polar surface area (TPSA) is 84.2 Å². The average molecular weight is 263 g/mol. The maximum atomic E-state index is 12.7. The number of aromatic nitrogens is 2. The van der Waals surface area contributed by atoms with Crippen molar-refractivity contribution in [3.05, 3.63) is 48.0 Å². The van der Waals surface area contributed by atoms with Crippen molar-refractivity contribution in [3.8, 4) is 0 Å². The fraction of sp³-hybridized carbons (Fsp3) is 0.0833. The summed E-state index contributed by atoms with van der Waals surface area (Å²) in [6, 6.07) is 5.07. The van der Waals surface area contributed by atoms with Crippen LogP contribution in [0.4, 0.5) is 10.1 Å². The van der Waals surface area contributed by atoms with Gasteiger partial charge in [0.25, 0.3) is 5.91 Å². The summed E-state index contributed by atoms with van der Waals surface area (Å²) in [5, 5.41) is 14.9. The lowest BCUT2D eigenvalue weighted by Crippen LogP contribution is -2.11. The van der Waals surface area contributed by atoms with E-state index in [1.54, 1.807) is 0 Å². The van der Waals surface area contributed by atoms with Gasteiger partial charge in [0.2, 0.25) is 0 Å². The molecule has 2 aromatic rings.